The number of hydrazine groups is 1. The Labute approximate surface area is 110 Å². The molecule has 0 aliphatic heterocycles. The van der Waals surface area contributed by atoms with Gasteiger partial charge in [-0.1, -0.05) is 6.07 Å². The monoisotopic (exact) mass is 260 g/mol. The number of nitrogens with two attached hydrogens (primary N) is 1. The molecule has 0 radical (unpaired) electrons. The van der Waals surface area contributed by atoms with Gasteiger partial charge in [0.15, 0.2) is 0 Å². The Kier molecular flexibility index (Phi) is 4.09. The molecule has 4 N–H and O–H groups in total. The van der Waals surface area contributed by atoms with Gasteiger partial charge in [0.1, 0.15) is 11.5 Å². The summed E-state index contributed by atoms with van der Waals surface area (Å²) in [6.07, 6.45) is 2.55. The molecule has 0 aromatic carbocycles. The Morgan fingerprint density at radius 3 is 2.95 bits per heavy atom. The third-order valence-electron chi connectivity index (χ3n) is 2.57. The Morgan fingerprint density at radius 2 is 2.26 bits per heavy atom. The van der Waals surface area contributed by atoms with E-state index in [0.717, 1.165) is 5.69 Å². The highest BCUT2D eigenvalue weighted by atomic mass is 16.1. The van der Waals surface area contributed by atoms with Crippen LogP contribution in [0.4, 0.5) is 5.82 Å². The Hall–Kier alpha value is -2.41. The zero-order valence-electron chi connectivity index (χ0n) is 10.6. The number of anilines is 1. The standard InChI is InChI=1S/C12H16N6O/c1-18-8-6-9(17-18)5-7-14-12(19)10-3-2-4-11(15-10)16-13/h2-4,6,8H,5,7,13H2,1H3,(H,14,19)(H,15,16). The van der Waals surface area contributed by atoms with E-state index in [1.807, 2.05) is 19.3 Å². The van der Waals surface area contributed by atoms with E-state index in [1.165, 1.54) is 0 Å². The number of amides is 1. The van der Waals surface area contributed by atoms with Crippen LogP contribution in [0.2, 0.25) is 0 Å². The van der Waals surface area contributed by atoms with Crippen molar-refractivity contribution in [2.45, 2.75) is 6.42 Å². The summed E-state index contributed by atoms with van der Waals surface area (Å²) in [7, 11) is 1.86. The van der Waals surface area contributed by atoms with Crippen molar-refractivity contribution in [2.24, 2.45) is 12.9 Å². The van der Waals surface area contributed by atoms with Gasteiger partial charge in [-0.25, -0.2) is 10.8 Å². The van der Waals surface area contributed by atoms with Crippen LogP contribution in [-0.4, -0.2) is 27.2 Å². The lowest BCUT2D eigenvalue weighted by molar-refractivity contribution is 0.0949. The molecular formula is C12H16N6O. The minimum atomic E-state index is -0.229. The summed E-state index contributed by atoms with van der Waals surface area (Å²) in [4.78, 5) is 15.9. The van der Waals surface area contributed by atoms with Crippen molar-refractivity contribution in [1.29, 1.82) is 0 Å². The molecule has 7 heteroatoms. The van der Waals surface area contributed by atoms with Gasteiger partial charge in [-0.15, -0.1) is 0 Å². The number of rotatable bonds is 5. The molecule has 0 saturated carbocycles. The topological polar surface area (TPSA) is 97.9 Å². The number of hydrogen-bond donors (Lipinski definition) is 3. The van der Waals surface area contributed by atoms with Crippen molar-refractivity contribution in [3.63, 3.8) is 0 Å². The summed E-state index contributed by atoms with van der Waals surface area (Å²) < 4.78 is 1.73. The smallest absolute Gasteiger partial charge is 0.269 e. The predicted molar refractivity (Wildman–Crippen MR) is 71.3 cm³/mol. The lowest BCUT2D eigenvalue weighted by Gasteiger charge is -2.05. The van der Waals surface area contributed by atoms with Crippen molar-refractivity contribution >= 4 is 11.7 Å². The maximum Gasteiger partial charge on any atom is 0.269 e. The molecule has 2 aromatic heterocycles. The fraction of sp³-hybridized carbons (Fsp3) is 0.250. The molecule has 0 unspecified atom stereocenters. The molecule has 2 aromatic rings. The third kappa shape index (κ3) is 3.52. The highest BCUT2D eigenvalue weighted by Crippen LogP contribution is 2.03. The maximum atomic E-state index is 11.8. The molecule has 0 spiro atoms. The van der Waals surface area contributed by atoms with Gasteiger partial charge in [-0.05, 0) is 18.2 Å². The largest absolute Gasteiger partial charge is 0.350 e. The van der Waals surface area contributed by atoms with Gasteiger partial charge in [0.2, 0.25) is 0 Å². The molecule has 1 amide bonds. The van der Waals surface area contributed by atoms with Gasteiger partial charge >= 0.3 is 0 Å². The molecule has 0 fully saturated rings. The molecule has 2 heterocycles. The first-order chi connectivity index (χ1) is 9.19. The van der Waals surface area contributed by atoms with E-state index in [0.29, 0.717) is 24.5 Å². The second-order valence-electron chi connectivity index (χ2n) is 4.04. The van der Waals surface area contributed by atoms with Crippen molar-refractivity contribution in [3.8, 4) is 0 Å². The van der Waals surface area contributed by atoms with Gasteiger partial charge in [-0.2, -0.15) is 5.10 Å². The van der Waals surface area contributed by atoms with Gasteiger partial charge in [0, 0.05) is 26.2 Å². The van der Waals surface area contributed by atoms with Crippen molar-refractivity contribution in [2.75, 3.05) is 12.0 Å². The first-order valence-corrected chi connectivity index (χ1v) is 5.89. The average Bonchev–Trinajstić information content (AvgIpc) is 2.84. The molecule has 7 nitrogen and oxygen atoms in total. The number of nitrogens with one attached hydrogen (secondary N) is 2. The van der Waals surface area contributed by atoms with E-state index in [9.17, 15) is 4.79 Å². The first-order valence-electron chi connectivity index (χ1n) is 5.89. The van der Waals surface area contributed by atoms with E-state index >= 15 is 0 Å². The number of nitrogen functional groups attached to an aromatic ring is 1. The molecule has 100 valence electrons. The Bertz CT molecular complexity index is 565. The predicted octanol–water partition coefficient (Wildman–Crippen LogP) is 0.0732. The van der Waals surface area contributed by atoms with Crippen molar-refractivity contribution in [1.82, 2.24) is 20.1 Å². The van der Waals surface area contributed by atoms with Crippen LogP contribution in [0.1, 0.15) is 16.2 Å². The number of carbonyl (C=O) groups excluding carboxylic acids is 1. The normalized spacial score (nSPS) is 10.2. The number of nitrogens with zero attached hydrogens (tertiary/aromatic N) is 3. The van der Waals surface area contributed by atoms with Crippen LogP contribution in [-0.2, 0) is 13.5 Å². The quantitative estimate of drug-likeness (QED) is 0.522. The molecule has 0 aliphatic rings. The second kappa shape index (κ2) is 5.96. The number of aromatic nitrogens is 3. The summed E-state index contributed by atoms with van der Waals surface area (Å²) in [6, 6.07) is 6.96. The van der Waals surface area contributed by atoms with Crippen LogP contribution in [0.3, 0.4) is 0 Å². The fourth-order valence-electron chi connectivity index (χ4n) is 1.63. The highest BCUT2D eigenvalue weighted by molar-refractivity contribution is 5.92. The lowest BCUT2D eigenvalue weighted by Crippen LogP contribution is -2.27. The summed E-state index contributed by atoms with van der Waals surface area (Å²) >= 11 is 0. The average molecular weight is 260 g/mol. The first kappa shape index (κ1) is 13.0. The van der Waals surface area contributed by atoms with Gasteiger partial charge in [-0.3, -0.25) is 9.48 Å². The van der Waals surface area contributed by atoms with Gasteiger partial charge < -0.3 is 10.7 Å². The molecule has 0 saturated heterocycles. The molecule has 0 aliphatic carbocycles. The summed E-state index contributed by atoms with van der Waals surface area (Å²) in [5.41, 5.74) is 3.67. The highest BCUT2D eigenvalue weighted by Gasteiger charge is 2.07. The SMILES string of the molecule is Cn1ccc(CCNC(=O)c2cccc(NN)n2)n1. The van der Waals surface area contributed by atoms with Crippen LogP contribution in [0, 0.1) is 0 Å². The van der Waals surface area contributed by atoms with Crippen LogP contribution < -0.4 is 16.6 Å². The van der Waals surface area contributed by atoms with E-state index in [-0.39, 0.29) is 5.91 Å². The minimum Gasteiger partial charge on any atom is -0.350 e. The summed E-state index contributed by atoms with van der Waals surface area (Å²) in [5.74, 6) is 5.47. The molecule has 19 heavy (non-hydrogen) atoms. The number of hydrogen-bond acceptors (Lipinski definition) is 5. The van der Waals surface area contributed by atoms with Crippen LogP contribution >= 0.6 is 0 Å². The molecule has 0 atom stereocenters. The van der Waals surface area contributed by atoms with Crippen molar-refractivity contribution < 1.29 is 4.79 Å². The van der Waals surface area contributed by atoms with Crippen LogP contribution in [0.5, 0.6) is 0 Å². The number of carbonyl (C=O) groups is 1. The Balaban J connectivity index is 1.87. The summed E-state index contributed by atoms with van der Waals surface area (Å²) in [5, 5.41) is 7.02. The van der Waals surface area contributed by atoms with Gasteiger partial charge in [0.05, 0.1) is 5.69 Å². The van der Waals surface area contributed by atoms with Crippen LogP contribution in [0.25, 0.3) is 0 Å². The minimum absolute atomic E-state index is 0.229. The molecule has 0 bridgehead atoms. The Morgan fingerprint density at radius 1 is 1.42 bits per heavy atom. The van der Waals surface area contributed by atoms with Gasteiger partial charge in [0.25, 0.3) is 5.91 Å². The lowest BCUT2D eigenvalue weighted by atomic mass is 10.3. The van der Waals surface area contributed by atoms with E-state index in [2.05, 4.69) is 20.8 Å². The third-order valence-corrected chi connectivity index (χ3v) is 2.57. The number of pyridine rings is 1. The summed E-state index contributed by atoms with van der Waals surface area (Å²) in [6.45, 7) is 0.512. The molecular weight excluding hydrogens is 244 g/mol. The second-order valence-corrected chi connectivity index (χ2v) is 4.04. The van der Waals surface area contributed by atoms with Crippen LogP contribution in [0.15, 0.2) is 30.5 Å². The number of aryl methyl sites for hydroxylation is 1. The zero-order valence-corrected chi connectivity index (χ0v) is 10.6. The van der Waals surface area contributed by atoms with Crippen molar-refractivity contribution in [3.05, 3.63) is 41.9 Å². The van der Waals surface area contributed by atoms with E-state index in [4.69, 9.17) is 5.84 Å². The van der Waals surface area contributed by atoms with E-state index < -0.39 is 0 Å². The maximum absolute atomic E-state index is 11.8. The molecule has 2 rings (SSSR count). The fourth-order valence-corrected chi connectivity index (χ4v) is 1.63. The van der Waals surface area contributed by atoms with E-state index in [1.54, 1.807) is 22.9 Å². The zero-order chi connectivity index (χ0) is 13.7.